The third-order valence-corrected chi connectivity index (χ3v) is 3.20. The van der Waals surface area contributed by atoms with Crippen molar-refractivity contribution >= 4 is 0 Å². The van der Waals surface area contributed by atoms with Crippen LogP contribution >= 0.6 is 0 Å². The van der Waals surface area contributed by atoms with Gasteiger partial charge in [0.25, 0.3) is 0 Å². The number of H-pyrrole nitrogens is 1. The van der Waals surface area contributed by atoms with Crippen molar-refractivity contribution in [3.05, 3.63) is 34.2 Å². The van der Waals surface area contributed by atoms with Gasteiger partial charge in [0.05, 0.1) is 0 Å². The van der Waals surface area contributed by atoms with Crippen molar-refractivity contribution in [2.24, 2.45) is 0 Å². The topological polar surface area (TPSA) is 48.1 Å². The van der Waals surface area contributed by atoms with Crippen molar-refractivity contribution in [3.63, 3.8) is 0 Å². The lowest BCUT2D eigenvalue weighted by Crippen LogP contribution is -2.24. The van der Waals surface area contributed by atoms with Crippen molar-refractivity contribution < 1.29 is 0 Å². The highest BCUT2D eigenvalue weighted by molar-refractivity contribution is 5.07. The Hall–Kier alpha value is -1.13. The van der Waals surface area contributed by atoms with Gasteiger partial charge in [-0.05, 0) is 51.0 Å². The number of aromatic amines is 1. The van der Waals surface area contributed by atoms with E-state index in [0.717, 1.165) is 18.7 Å². The van der Waals surface area contributed by atoms with Crippen LogP contribution in [0.25, 0.3) is 0 Å². The van der Waals surface area contributed by atoms with Crippen LogP contribution in [0, 0.1) is 0 Å². The van der Waals surface area contributed by atoms with Crippen molar-refractivity contribution in [2.45, 2.75) is 25.8 Å². The zero-order valence-corrected chi connectivity index (χ0v) is 10.2. The standard InChI is InChI=1S/C13H21N3O/c17-13-5-4-12(11-15-13)10-14-6-3-9-16-7-1-2-8-16/h4-5,11,14H,1-3,6-10H2,(H,15,17). The summed E-state index contributed by atoms with van der Waals surface area (Å²) in [6.07, 6.45) is 5.70. The van der Waals surface area contributed by atoms with Crippen LogP contribution in [0.15, 0.2) is 23.1 Å². The Balaban J connectivity index is 1.56. The predicted octanol–water partition coefficient (Wildman–Crippen LogP) is 0.950. The third kappa shape index (κ3) is 4.32. The summed E-state index contributed by atoms with van der Waals surface area (Å²) in [5.74, 6) is 0. The molecule has 1 fully saturated rings. The molecule has 1 aromatic rings. The minimum atomic E-state index is -0.0391. The summed E-state index contributed by atoms with van der Waals surface area (Å²) in [7, 11) is 0. The molecule has 0 amide bonds. The second-order valence-electron chi connectivity index (χ2n) is 4.64. The van der Waals surface area contributed by atoms with E-state index >= 15 is 0 Å². The number of nitrogens with one attached hydrogen (secondary N) is 2. The zero-order valence-electron chi connectivity index (χ0n) is 10.2. The largest absolute Gasteiger partial charge is 0.329 e. The molecular weight excluding hydrogens is 214 g/mol. The lowest BCUT2D eigenvalue weighted by Gasteiger charge is -2.14. The van der Waals surface area contributed by atoms with Crippen LogP contribution in [0.3, 0.4) is 0 Å². The van der Waals surface area contributed by atoms with Gasteiger partial charge in [-0.3, -0.25) is 4.79 Å². The molecule has 0 aromatic carbocycles. The second-order valence-corrected chi connectivity index (χ2v) is 4.64. The molecule has 0 aliphatic carbocycles. The highest BCUT2D eigenvalue weighted by Crippen LogP contribution is 2.06. The molecule has 1 aliphatic rings. The van der Waals surface area contributed by atoms with Crippen LogP contribution in [-0.2, 0) is 6.54 Å². The van der Waals surface area contributed by atoms with Gasteiger partial charge in [0.1, 0.15) is 0 Å². The molecule has 4 heteroatoms. The first kappa shape index (κ1) is 12.3. The van der Waals surface area contributed by atoms with Crippen molar-refractivity contribution in [3.8, 4) is 0 Å². The third-order valence-electron chi connectivity index (χ3n) is 3.20. The normalized spacial score (nSPS) is 16.5. The van der Waals surface area contributed by atoms with Gasteiger partial charge in [0.2, 0.25) is 5.56 Å². The first-order chi connectivity index (χ1) is 8.34. The van der Waals surface area contributed by atoms with Crippen LogP contribution in [-0.4, -0.2) is 36.1 Å². The van der Waals surface area contributed by atoms with Crippen LogP contribution in [0.2, 0.25) is 0 Å². The molecule has 0 unspecified atom stereocenters. The fraction of sp³-hybridized carbons (Fsp3) is 0.615. The van der Waals surface area contributed by atoms with Gasteiger partial charge >= 0.3 is 0 Å². The molecule has 0 radical (unpaired) electrons. The SMILES string of the molecule is O=c1ccc(CNCCCN2CCCC2)c[nH]1. The lowest BCUT2D eigenvalue weighted by atomic mass is 10.3. The summed E-state index contributed by atoms with van der Waals surface area (Å²) in [6.45, 7) is 5.63. The summed E-state index contributed by atoms with van der Waals surface area (Å²) >= 11 is 0. The van der Waals surface area contributed by atoms with E-state index in [9.17, 15) is 4.79 Å². The highest BCUT2D eigenvalue weighted by Gasteiger charge is 2.09. The molecule has 94 valence electrons. The predicted molar refractivity (Wildman–Crippen MR) is 69.1 cm³/mol. The van der Waals surface area contributed by atoms with E-state index in [0.29, 0.717) is 0 Å². The number of likely N-dealkylation sites (tertiary alicyclic amines) is 1. The fourth-order valence-corrected chi connectivity index (χ4v) is 2.22. The summed E-state index contributed by atoms with van der Waals surface area (Å²) in [4.78, 5) is 16.1. The number of rotatable bonds is 6. The molecule has 2 N–H and O–H groups in total. The first-order valence-electron chi connectivity index (χ1n) is 6.45. The number of pyridine rings is 1. The Kier molecular flexibility index (Phi) is 4.76. The average Bonchev–Trinajstić information content (AvgIpc) is 2.84. The molecule has 2 rings (SSSR count). The molecule has 2 heterocycles. The van der Waals surface area contributed by atoms with Crippen LogP contribution in [0.1, 0.15) is 24.8 Å². The number of aromatic nitrogens is 1. The van der Waals surface area contributed by atoms with Crippen LogP contribution in [0.4, 0.5) is 0 Å². The molecule has 0 spiro atoms. The minimum absolute atomic E-state index is 0.0391. The Morgan fingerprint density at radius 1 is 1.29 bits per heavy atom. The summed E-state index contributed by atoms with van der Waals surface area (Å²) < 4.78 is 0. The number of hydrogen-bond acceptors (Lipinski definition) is 3. The Morgan fingerprint density at radius 2 is 2.12 bits per heavy atom. The van der Waals surface area contributed by atoms with Gasteiger partial charge in [-0.1, -0.05) is 6.07 Å². The number of nitrogens with zero attached hydrogens (tertiary/aromatic N) is 1. The van der Waals surface area contributed by atoms with Crippen molar-refractivity contribution in [1.29, 1.82) is 0 Å². The van der Waals surface area contributed by atoms with Gasteiger partial charge in [-0.25, -0.2) is 0 Å². The van der Waals surface area contributed by atoms with E-state index in [-0.39, 0.29) is 5.56 Å². The molecule has 0 bridgehead atoms. The molecule has 1 aliphatic heterocycles. The zero-order chi connectivity index (χ0) is 11.9. The number of hydrogen-bond donors (Lipinski definition) is 2. The quantitative estimate of drug-likeness (QED) is 0.722. The maximum absolute atomic E-state index is 10.9. The molecule has 1 saturated heterocycles. The second kappa shape index (κ2) is 6.57. The van der Waals surface area contributed by atoms with Crippen molar-refractivity contribution in [1.82, 2.24) is 15.2 Å². The smallest absolute Gasteiger partial charge is 0.247 e. The van der Waals surface area contributed by atoms with E-state index in [1.807, 2.05) is 6.07 Å². The van der Waals surface area contributed by atoms with Crippen molar-refractivity contribution in [2.75, 3.05) is 26.2 Å². The van der Waals surface area contributed by atoms with Gasteiger partial charge in [0, 0.05) is 18.8 Å². The minimum Gasteiger partial charge on any atom is -0.329 e. The van der Waals surface area contributed by atoms with E-state index in [4.69, 9.17) is 0 Å². The average molecular weight is 235 g/mol. The molecule has 1 aromatic heterocycles. The monoisotopic (exact) mass is 235 g/mol. The molecule has 0 atom stereocenters. The summed E-state index contributed by atoms with van der Waals surface area (Å²) in [5, 5.41) is 3.40. The maximum atomic E-state index is 10.9. The fourth-order valence-electron chi connectivity index (χ4n) is 2.22. The van der Waals surface area contributed by atoms with Gasteiger partial charge in [0.15, 0.2) is 0 Å². The summed E-state index contributed by atoms with van der Waals surface area (Å²) in [5.41, 5.74) is 1.09. The lowest BCUT2D eigenvalue weighted by molar-refractivity contribution is 0.331. The van der Waals surface area contributed by atoms with E-state index in [1.165, 1.54) is 38.9 Å². The van der Waals surface area contributed by atoms with E-state index in [1.54, 1.807) is 12.3 Å². The summed E-state index contributed by atoms with van der Waals surface area (Å²) in [6, 6.07) is 3.44. The molecule has 17 heavy (non-hydrogen) atoms. The van der Waals surface area contributed by atoms with E-state index < -0.39 is 0 Å². The Bertz CT molecular complexity index is 362. The molecule has 4 nitrogen and oxygen atoms in total. The van der Waals surface area contributed by atoms with Crippen LogP contribution < -0.4 is 10.9 Å². The van der Waals surface area contributed by atoms with Crippen LogP contribution in [0.5, 0.6) is 0 Å². The highest BCUT2D eigenvalue weighted by atomic mass is 16.1. The van der Waals surface area contributed by atoms with Gasteiger partial charge < -0.3 is 15.2 Å². The molecule has 0 saturated carbocycles. The van der Waals surface area contributed by atoms with E-state index in [2.05, 4.69) is 15.2 Å². The maximum Gasteiger partial charge on any atom is 0.247 e. The van der Waals surface area contributed by atoms with Gasteiger partial charge in [-0.15, -0.1) is 0 Å². The van der Waals surface area contributed by atoms with Gasteiger partial charge in [-0.2, -0.15) is 0 Å². The molecular formula is C13H21N3O. The Morgan fingerprint density at radius 3 is 2.82 bits per heavy atom. The first-order valence-corrected chi connectivity index (χ1v) is 6.45. The Labute approximate surface area is 102 Å².